The van der Waals surface area contributed by atoms with Gasteiger partial charge in [0.1, 0.15) is 11.6 Å². The maximum atomic E-state index is 14.0. The summed E-state index contributed by atoms with van der Waals surface area (Å²) < 4.78 is 16.0. The zero-order valence-electron chi connectivity index (χ0n) is 18.1. The number of rotatable bonds is 5. The summed E-state index contributed by atoms with van der Waals surface area (Å²) in [6.45, 7) is 5.29. The summed E-state index contributed by atoms with van der Waals surface area (Å²) in [4.78, 5) is 11.3. The molecule has 3 aromatic carbocycles. The Morgan fingerprint density at radius 2 is 1.75 bits per heavy atom. The highest BCUT2D eigenvalue weighted by Crippen LogP contribution is 2.45. The Balaban J connectivity index is 2.17. The van der Waals surface area contributed by atoms with Gasteiger partial charge >= 0.3 is 5.97 Å². The molecular formula is C26H24FNO4. The first kappa shape index (κ1) is 21.6. The van der Waals surface area contributed by atoms with Crippen LogP contribution in [0.1, 0.15) is 35.5 Å². The molecule has 3 N–H and O–H groups in total. The van der Waals surface area contributed by atoms with E-state index in [4.69, 9.17) is 0 Å². The molecule has 1 heterocycles. The van der Waals surface area contributed by atoms with Crippen LogP contribution in [0.4, 0.5) is 4.39 Å². The first-order chi connectivity index (χ1) is 15.2. The molecule has 0 saturated carbocycles. The van der Waals surface area contributed by atoms with Crippen molar-refractivity contribution in [3.05, 3.63) is 83.3 Å². The number of aromatic carboxylic acids is 1. The van der Waals surface area contributed by atoms with E-state index in [1.807, 2.05) is 24.5 Å². The fourth-order valence-corrected chi connectivity index (χ4v) is 4.13. The van der Waals surface area contributed by atoms with Crippen LogP contribution >= 0.6 is 0 Å². The van der Waals surface area contributed by atoms with Gasteiger partial charge in [-0.2, -0.15) is 0 Å². The number of carboxylic acids is 1. The van der Waals surface area contributed by atoms with Gasteiger partial charge in [-0.15, -0.1) is 0 Å². The van der Waals surface area contributed by atoms with Gasteiger partial charge in [-0.3, -0.25) is 0 Å². The monoisotopic (exact) mass is 433 g/mol. The van der Waals surface area contributed by atoms with Gasteiger partial charge in [0.05, 0.1) is 17.7 Å². The lowest BCUT2D eigenvalue weighted by Crippen LogP contribution is -2.26. The molecule has 32 heavy (non-hydrogen) atoms. The van der Waals surface area contributed by atoms with Crippen LogP contribution in [-0.2, 0) is 5.41 Å². The molecule has 0 spiro atoms. The number of aromatic nitrogens is 1. The third-order valence-electron chi connectivity index (χ3n) is 5.83. The number of aliphatic hydroxyl groups excluding tert-OH is 1. The van der Waals surface area contributed by atoms with E-state index < -0.39 is 11.4 Å². The second-order valence-corrected chi connectivity index (χ2v) is 8.59. The SMILES string of the molecule is Cc1cc(-n2c(C(C)(C)CO)c(-c3ccc(C(=O)O)cc3)c3c(O)cccc32)ccc1F. The van der Waals surface area contributed by atoms with Gasteiger partial charge in [-0.05, 0) is 60.5 Å². The van der Waals surface area contributed by atoms with E-state index in [-0.39, 0.29) is 23.7 Å². The number of aliphatic hydroxyl groups is 1. The van der Waals surface area contributed by atoms with Crippen molar-refractivity contribution >= 4 is 16.9 Å². The minimum absolute atomic E-state index is 0.0624. The number of benzene rings is 3. The van der Waals surface area contributed by atoms with Crippen LogP contribution in [0.15, 0.2) is 60.7 Å². The summed E-state index contributed by atoms with van der Waals surface area (Å²) in [5, 5.41) is 31.0. The van der Waals surface area contributed by atoms with Gasteiger partial charge in [-0.1, -0.05) is 32.0 Å². The molecule has 1 aromatic heterocycles. The Hall–Kier alpha value is -3.64. The molecule has 0 amide bonds. The maximum absolute atomic E-state index is 14.0. The molecule has 6 heteroatoms. The van der Waals surface area contributed by atoms with Gasteiger partial charge in [0.15, 0.2) is 0 Å². The number of carboxylic acid groups (broad SMARTS) is 1. The quantitative estimate of drug-likeness (QED) is 0.393. The van der Waals surface area contributed by atoms with Crippen molar-refractivity contribution in [3.63, 3.8) is 0 Å². The molecule has 0 fully saturated rings. The van der Waals surface area contributed by atoms with Crippen LogP contribution in [0.5, 0.6) is 5.75 Å². The van der Waals surface area contributed by atoms with Crippen LogP contribution in [0.2, 0.25) is 0 Å². The molecule has 0 aliphatic heterocycles. The van der Waals surface area contributed by atoms with Crippen LogP contribution in [0.3, 0.4) is 0 Å². The fourth-order valence-electron chi connectivity index (χ4n) is 4.13. The van der Waals surface area contributed by atoms with Gasteiger partial charge in [0, 0.05) is 27.7 Å². The van der Waals surface area contributed by atoms with Crippen LogP contribution in [-0.4, -0.2) is 32.5 Å². The number of phenols is 1. The van der Waals surface area contributed by atoms with E-state index in [1.54, 1.807) is 43.3 Å². The molecular weight excluding hydrogens is 409 g/mol. The minimum Gasteiger partial charge on any atom is -0.507 e. The van der Waals surface area contributed by atoms with E-state index in [1.165, 1.54) is 18.2 Å². The van der Waals surface area contributed by atoms with Crippen molar-refractivity contribution in [1.29, 1.82) is 0 Å². The Bertz CT molecular complexity index is 1340. The van der Waals surface area contributed by atoms with E-state index >= 15 is 0 Å². The summed E-state index contributed by atoms with van der Waals surface area (Å²) in [5.41, 5.74) is 3.41. The summed E-state index contributed by atoms with van der Waals surface area (Å²) in [6, 6.07) is 16.4. The van der Waals surface area contributed by atoms with E-state index in [2.05, 4.69) is 0 Å². The Morgan fingerprint density at radius 1 is 1.06 bits per heavy atom. The zero-order valence-corrected chi connectivity index (χ0v) is 18.1. The largest absolute Gasteiger partial charge is 0.507 e. The van der Waals surface area contributed by atoms with Crippen LogP contribution in [0, 0.1) is 12.7 Å². The molecule has 0 radical (unpaired) electrons. The van der Waals surface area contributed by atoms with Crippen molar-refractivity contribution in [2.24, 2.45) is 0 Å². The predicted molar refractivity (Wildman–Crippen MR) is 122 cm³/mol. The van der Waals surface area contributed by atoms with E-state index in [0.717, 1.165) is 5.69 Å². The third-order valence-corrected chi connectivity index (χ3v) is 5.83. The summed E-state index contributed by atoms with van der Waals surface area (Å²) >= 11 is 0. The molecule has 0 bridgehead atoms. The number of halogens is 1. The zero-order chi connectivity index (χ0) is 23.2. The Kier molecular flexibility index (Phi) is 5.26. The number of aromatic hydroxyl groups is 1. The van der Waals surface area contributed by atoms with Gasteiger partial charge in [-0.25, -0.2) is 9.18 Å². The Labute approximate surface area is 185 Å². The van der Waals surface area contributed by atoms with Gasteiger partial charge in [0.25, 0.3) is 0 Å². The number of phenolic OH excluding ortho intramolecular Hbond substituents is 1. The van der Waals surface area contributed by atoms with Gasteiger partial charge < -0.3 is 19.9 Å². The van der Waals surface area contributed by atoms with E-state index in [9.17, 15) is 24.5 Å². The first-order valence-electron chi connectivity index (χ1n) is 10.2. The molecule has 0 saturated heterocycles. The van der Waals surface area contributed by atoms with Crippen molar-refractivity contribution in [1.82, 2.24) is 4.57 Å². The highest BCUT2D eigenvalue weighted by atomic mass is 19.1. The van der Waals surface area contributed by atoms with Crippen molar-refractivity contribution < 1.29 is 24.5 Å². The average Bonchev–Trinajstić information content (AvgIpc) is 3.13. The molecule has 5 nitrogen and oxygen atoms in total. The third kappa shape index (κ3) is 3.42. The number of fused-ring (bicyclic) bond motifs is 1. The molecule has 0 aliphatic carbocycles. The standard InChI is InChI=1S/C26H24FNO4/c1-15-13-18(11-12-19(15)27)28-20-5-4-6-21(30)23(20)22(24(28)26(2,3)14-29)16-7-9-17(10-8-16)25(31)32/h4-13,29-30H,14H2,1-3H3,(H,31,32). The summed E-state index contributed by atoms with van der Waals surface area (Å²) in [6.07, 6.45) is 0. The lowest BCUT2D eigenvalue weighted by molar-refractivity contribution is 0.0697. The first-order valence-corrected chi connectivity index (χ1v) is 10.2. The second kappa shape index (κ2) is 7.80. The molecule has 0 atom stereocenters. The maximum Gasteiger partial charge on any atom is 0.335 e. The number of nitrogens with zero attached hydrogens (tertiary/aromatic N) is 1. The topological polar surface area (TPSA) is 82.7 Å². The van der Waals surface area contributed by atoms with E-state index in [0.29, 0.717) is 33.3 Å². The van der Waals surface area contributed by atoms with Crippen LogP contribution < -0.4 is 0 Å². The molecule has 4 aromatic rings. The second-order valence-electron chi connectivity index (χ2n) is 8.59. The normalized spacial score (nSPS) is 11.8. The van der Waals surface area contributed by atoms with Gasteiger partial charge in [0.2, 0.25) is 0 Å². The van der Waals surface area contributed by atoms with Crippen molar-refractivity contribution in [3.8, 4) is 22.6 Å². The molecule has 0 unspecified atom stereocenters. The lowest BCUT2D eigenvalue weighted by atomic mass is 9.84. The molecule has 0 aliphatic rings. The van der Waals surface area contributed by atoms with Crippen LogP contribution in [0.25, 0.3) is 27.7 Å². The lowest BCUT2D eigenvalue weighted by Gasteiger charge is -2.27. The average molecular weight is 433 g/mol. The number of hydrogen-bond acceptors (Lipinski definition) is 3. The number of carbonyl (C=O) groups is 1. The number of hydrogen-bond donors (Lipinski definition) is 3. The fraction of sp³-hybridized carbons (Fsp3) is 0.192. The van der Waals surface area contributed by atoms with Crippen molar-refractivity contribution in [2.75, 3.05) is 6.61 Å². The molecule has 164 valence electrons. The summed E-state index contributed by atoms with van der Waals surface area (Å²) in [7, 11) is 0. The Morgan fingerprint density at radius 3 is 2.34 bits per heavy atom. The van der Waals surface area contributed by atoms with Crippen molar-refractivity contribution in [2.45, 2.75) is 26.2 Å². The highest BCUT2D eigenvalue weighted by Gasteiger charge is 2.32. The summed E-state index contributed by atoms with van der Waals surface area (Å²) in [5.74, 6) is -1.28. The highest BCUT2D eigenvalue weighted by molar-refractivity contribution is 6.04. The number of aryl methyl sites for hydroxylation is 1. The molecule has 4 rings (SSSR count). The smallest absolute Gasteiger partial charge is 0.335 e. The minimum atomic E-state index is -1.03. The predicted octanol–water partition coefficient (Wildman–Crippen LogP) is 5.42.